The van der Waals surface area contributed by atoms with Crippen LogP contribution in [0.2, 0.25) is 0 Å². The normalized spacial score (nSPS) is 13.4. The predicted octanol–water partition coefficient (Wildman–Crippen LogP) is 2.60. The van der Waals surface area contributed by atoms with E-state index in [0.717, 1.165) is 11.3 Å². The van der Waals surface area contributed by atoms with E-state index in [1.807, 2.05) is 32.0 Å². The predicted molar refractivity (Wildman–Crippen MR) is 118 cm³/mol. The number of nitrogens with one attached hydrogen (secondary N) is 2. The Bertz CT molecular complexity index is 901. The fourth-order valence-corrected chi connectivity index (χ4v) is 3.26. The van der Waals surface area contributed by atoms with Crippen molar-refractivity contribution in [2.75, 3.05) is 45.3 Å². The lowest BCUT2D eigenvalue weighted by atomic mass is 10.1. The molecule has 1 aliphatic heterocycles. The molecule has 0 aromatic heterocycles. The number of hydrogen-bond donors (Lipinski definition) is 2. The van der Waals surface area contributed by atoms with Crippen molar-refractivity contribution >= 4 is 17.5 Å². The maximum Gasteiger partial charge on any atom is 0.238 e. The number of rotatable bonds is 9. The first kappa shape index (κ1) is 22.4. The molecule has 2 N–H and O–H groups in total. The molecule has 2 aromatic carbocycles. The zero-order valence-electron chi connectivity index (χ0n) is 18.1. The first-order chi connectivity index (χ1) is 15.0. The molecule has 0 saturated heterocycles. The molecule has 1 heterocycles. The number of likely N-dealkylation sites (N-methyl/N-ethyl adjacent to an activating group) is 1. The van der Waals surface area contributed by atoms with Crippen molar-refractivity contribution in [2.45, 2.75) is 19.9 Å². The molecule has 0 fully saturated rings. The van der Waals surface area contributed by atoms with Crippen LogP contribution in [0.4, 0.5) is 5.69 Å². The number of benzene rings is 2. The first-order valence-electron chi connectivity index (χ1n) is 10.3. The second kappa shape index (κ2) is 10.7. The largest absolute Gasteiger partial charge is 0.497 e. The van der Waals surface area contributed by atoms with E-state index in [9.17, 15) is 9.59 Å². The molecule has 0 aliphatic carbocycles. The topological polar surface area (TPSA) is 89.1 Å². The zero-order valence-corrected chi connectivity index (χ0v) is 18.1. The van der Waals surface area contributed by atoms with Gasteiger partial charge < -0.3 is 24.8 Å². The Morgan fingerprint density at radius 1 is 1.03 bits per heavy atom. The van der Waals surface area contributed by atoms with E-state index >= 15 is 0 Å². The first-order valence-corrected chi connectivity index (χ1v) is 10.3. The number of carbonyl (C=O) groups is 2. The second-order valence-corrected chi connectivity index (χ2v) is 7.27. The SMILES string of the molecule is CCN(CC(=O)Nc1ccc(OC)cc1)CC(=O)N[C@@H](C)c1ccc2c(c1)OCCO2. The van der Waals surface area contributed by atoms with Gasteiger partial charge in [0.1, 0.15) is 19.0 Å². The number of carbonyl (C=O) groups excluding carboxylic acids is 2. The highest BCUT2D eigenvalue weighted by atomic mass is 16.6. The molecule has 0 radical (unpaired) electrons. The van der Waals surface area contributed by atoms with E-state index in [4.69, 9.17) is 14.2 Å². The summed E-state index contributed by atoms with van der Waals surface area (Å²) in [6.07, 6.45) is 0. The van der Waals surface area contributed by atoms with Gasteiger partial charge in [-0.1, -0.05) is 13.0 Å². The Morgan fingerprint density at radius 3 is 2.39 bits per heavy atom. The third-order valence-corrected chi connectivity index (χ3v) is 5.00. The van der Waals surface area contributed by atoms with E-state index in [1.165, 1.54) is 0 Å². The van der Waals surface area contributed by atoms with Crippen LogP contribution in [0.15, 0.2) is 42.5 Å². The maximum absolute atomic E-state index is 12.5. The summed E-state index contributed by atoms with van der Waals surface area (Å²) in [5.41, 5.74) is 1.61. The van der Waals surface area contributed by atoms with Gasteiger partial charge in [-0.25, -0.2) is 0 Å². The fourth-order valence-electron chi connectivity index (χ4n) is 3.26. The lowest BCUT2D eigenvalue weighted by molar-refractivity contribution is -0.123. The highest BCUT2D eigenvalue weighted by Crippen LogP contribution is 2.32. The molecule has 166 valence electrons. The molecule has 0 saturated carbocycles. The molecule has 8 heteroatoms. The molecule has 3 rings (SSSR count). The molecule has 31 heavy (non-hydrogen) atoms. The Morgan fingerprint density at radius 2 is 1.71 bits per heavy atom. The molecule has 1 atom stereocenters. The van der Waals surface area contributed by atoms with Gasteiger partial charge in [0, 0.05) is 5.69 Å². The number of anilines is 1. The molecule has 0 spiro atoms. The van der Waals surface area contributed by atoms with Gasteiger partial charge in [0.2, 0.25) is 11.8 Å². The third-order valence-electron chi connectivity index (χ3n) is 5.00. The average molecular weight is 428 g/mol. The van der Waals surface area contributed by atoms with Crippen molar-refractivity contribution in [3.05, 3.63) is 48.0 Å². The van der Waals surface area contributed by atoms with Crippen molar-refractivity contribution in [2.24, 2.45) is 0 Å². The quantitative estimate of drug-likeness (QED) is 0.640. The van der Waals surface area contributed by atoms with E-state index in [0.29, 0.717) is 36.9 Å². The van der Waals surface area contributed by atoms with Crippen LogP contribution < -0.4 is 24.8 Å². The highest BCUT2D eigenvalue weighted by molar-refractivity contribution is 5.92. The summed E-state index contributed by atoms with van der Waals surface area (Å²) in [7, 11) is 1.59. The van der Waals surface area contributed by atoms with Crippen molar-refractivity contribution in [3.8, 4) is 17.2 Å². The third kappa shape index (κ3) is 6.36. The van der Waals surface area contributed by atoms with Gasteiger partial charge in [0.25, 0.3) is 0 Å². The fraction of sp³-hybridized carbons (Fsp3) is 0.391. The zero-order chi connectivity index (χ0) is 22.2. The van der Waals surface area contributed by atoms with E-state index in [2.05, 4.69) is 10.6 Å². The Balaban J connectivity index is 1.49. The number of fused-ring (bicyclic) bond motifs is 1. The lowest BCUT2D eigenvalue weighted by Gasteiger charge is -2.23. The molecular weight excluding hydrogens is 398 g/mol. The highest BCUT2D eigenvalue weighted by Gasteiger charge is 2.18. The molecule has 0 unspecified atom stereocenters. The number of amides is 2. The van der Waals surface area contributed by atoms with Gasteiger partial charge in [-0.3, -0.25) is 14.5 Å². The Kier molecular flexibility index (Phi) is 7.72. The van der Waals surface area contributed by atoms with Crippen LogP contribution in [0.25, 0.3) is 0 Å². The molecule has 8 nitrogen and oxygen atoms in total. The van der Waals surface area contributed by atoms with Crippen LogP contribution in [0.3, 0.4) is 0 Å². The van der Waals surface area contributed by atoms with Crippen molar-refractivity contribution < 1.29 is 23.8 Å². The number of nitrogens with zero attached hydrogens (tertiary/aromatic N) is 1. The summed E-state index contributed by atoms with van der Waals surface area (Å²) in [5.74, 6) is 1.79. The monoisotopic (exact) mass is 427 g/mol. The van der Waals surface area contributed by atoms with Gasteiger partial charge >= 0.3 is 0 Å². The van der Waals surface area contributed by atoms with Crippen molar-refractivity contribution in [1.29, 1.82) is 0 Å². The van der Waals surface area contributed by atoms with Crippen LogP contribution in [-0.2, 0) is 9.59 Å². The maximum atomic E-state index is 12.5. The molecule has 2 amide bonds. The van der Waals surface area contributed by atoms with E-state index in [-0.39, 0.29) is 30.9 Å². The smallest absolute Gasteiger partial charge is 0.238 e. The van der Waals surface area contributed by atoms with Crippen molar-refractivity contribution in [3.63, 3.8) is 0 Å². The second-order valence-electron chi connectivity index (χ2n) is 7.27. The van der Waals surface area contributed by atoms with Crippen LogP contribution in [-0.4, -0.2) is 56.7 Å². The standard InChI is InChI=1S/C23H29N3O5/c1-4-26(15-23(28)25-18-6-8-19(29-3)9-7-18)14-22(27)24-16(2)17-5-10-20-21(13-17)31-12-11-30-20/h5-10,13,16H,4,11-12,14-15H2,1-3H3,(H,24,27)(H,25,28)/t16-/m0/s1. The van der Waals surface area contributed by atoms with Crippen LogP contribution in [0, 0.1) is 0 Å². The van der Waals surface area contributed by atoms with E-state index < -0.39 is 0 Å². The van der Waals surface area contributed by atoms with E-state index in [1.54, 1.807) is 36.3 Å². The summed E-state index contributed by atoms with van der Waals surface area (Å²) >= 11 is 0. The minimum absolute atomic E-state index is 0.119. The summed E-state index contributed by atoms with van der Waals surface area (Å²) < 4.78 is 16.3. The minimum atomic E-state index is -0.199. The summed E-state index contributed by atoms with van der Waals surface area (Å²) in [5, 5.41) is 5.81. The van der Waals surface area contributed by atoms with Crippen LogP contribution in [0.1, 0.15) is 25.5 Å². The molecular formula is C23H29N3O5. The van der Waals surface area contributed by atoms with Gasteiger partial charge in [-0.15, -0.1) is 0 Å². The summed E-state index contributed by atoms with van der Waals surface area (Å²) in [6, 6.07) is 12.6. The summed E-state index contributed by atoms with van der Waals surface area (Å²) in [6.45, 7) is 5.70. The number of hydrogen-bond acceptors (Lipinski definition) is 6. The van der Waals surface area contributed by atoms with Gasteiger partial charge in [0.15, 0.2) is 11.5 Å². The number of ether oxygens (including phenoxy) is 3. The van der Waals surface area contributed by atoms with Crippen molar-refractivity contribution in [1.82, 2.24) is 10.2 Å². The van der Waals surface area contributed by atoms with Gasteiger partial charge in [-0.05, 0) is 55.4 Å². The van der Waals surface area contributed by atoms with Gasteiger partial charge in [0.05, 0.1) is 26.2 Å². The van der Waals surface area contributed by atoms with Gasteiger partial charge in [-0.2, -0.15) is 0 Å². The minimum Gasteiger partial charge on any atom is -0.497 e. The summed E-state index contributed by atoms with van der Waals surface area (Å²) in [4.78, 5) is 26.7. The molecule has 1 aliphatic rings. The lowest BCUT2D eigenvalue weighted by Crippen LogP contribution is -2.41. The average Bonchev–Trinajstić information content (AvgIpc) is 2.78. The Labute approximate surface area is 182 Å². The molecule has 0 bridgehead atoms. The van der Waals surface area contributed by atoms with Crippen LogP contribution in [0.5, 0.6) is 17.2 Å². The Hall–Kier alpha value is -3.26. The molecule has 2 aromatic rings. The number of methoxy groups -OCH3 is 1. The van der Waals surface area contributed by atoms with Crippen LogP contribution >= 0.6 is 0 Å².